The first-order valence-corrected chi connectivity index (χ1v) is 6.80. The maximum atomic E-state index is 11.6. The van der Waals surface area contributed by atoms with Crippen molar-refractivity contribution in [2.45, 2.75) is 26.4 Å². The summed E-state index contributed by atoms with van der Waals surface area (Å²) >= 11 is 3.38. The molecule has 0 saturated heterocycles. The van der Waals surface area contributed by atoms with Crippen molar-refractivity contribution in [2.75, 3.05) is 11.9 Å². The Kier molecular flexibility index (Phi) is 6.22. The fourth-order valence-corrected chi connectivity index (χ4v) is 1.89. The first-order valence-electron chi connectivity index (χ1n) is 5.68. The minimum Gasteiger partial charge on any atom is -0.462 e. The molecule has 17 heavy (non-hydrogen) atoms. The van der Waals surface area contributed by atoms with Crippen LogP contribution in [-0.2, 0) is 17.8 Å². The van der Waals surface area contributed by atoms with Gasteiger partial charge < -0.3 is 9.84 Å². The molecule has 0 amide bonds. The molecule has 0 radical (unpaired) electrons. The second-order valence-electron chi connectivity index (χ2n) is 3.66. The van der Waals surface area contributed by atoms with Crippen molar-refractivity contribution in [2.24, 2.45) is 0 Å². The van der Waals surface area contributed by atoms with Crippen molar-refractivity contribution in [3.8, 4) is 0 Å². The molecule has 0 atom stereocenters. The number of carbonyl (C=O) groups is 1. The first kappa shape index (κ1) is 14.2. The third-order valence-corrected chi connectivity index (χ3v) is 3.00. The van der Waals surface area contributed by atoms with E-state index >= 15 is 0 Å². The van der Waals surface area contributed by atoms with Gasteiger partial charge in [0, 0.05) is 5.33 Å². The third kappa shape index (κ3) is 4.13. The smallest absolute Gasteiger partial charge is 0.338 e. The lowest BCUT2D eigenvalue weighted by molar-refractivity contribution is 0.0523. The minimum absolute atomic E-state index is 0.143. The van der Waals surface area contributed by atoms with Gasteiger partial charge in [-0.25, -0.2) is 4.79 Å². The van der Waals surface area contributed by atoms with Crippen LogP contribution in [-0.4, -0.2) is 23.0 Å². The molecule has 0 spiro atoms. The van der Waals surface area contributed by atoms with Gasteiger partial charge in [0.05, 0.1) is 18.8 Å². The maximum Gasteiger partial charge on any atom is 0.338 e. The van der Waals surface area contributed by atoms with E-state index < -0.39 is 0 Å². The van der Waals surface area contributed by atoms with Gasteiger partial charge in [-0.2, -0.15) is 0 Å². The van der Waals surface area contributed by atoms with Crippen molar-refractivity contribution >= 4 is 21.9 Å². The topological polar surface area (TPSA) is 46.5 Å². The predicted molar refractivity (Wildman–Crippen MR) is 70.4 cm³/mol. The number of aliphatic hydroxyl groups is 1. The number of hydrogen-bond donors (Lipinski definition) is 1. The van der Waals surface area contributed by atoms with Crippen LogP contribution in [0.4, 0.5) is 0 Å². The fourth-order valence-electron chi connectivity index (χ4n) is 1.61. The number of ether oxygens (including phenoxy) is 1. The number of aliphatic hydroxyl groups excluding tert-OH is 1. The molecule has 0 aliphatic heterocycles. The van der Waals surface area contributed by atoms with E-state index in [2.05, 4.69) is 15.9 Å². The second-order valence-corrected chi connectivity index (χ2v) is 4.46. The average Bonchev–Trinajstić information content (AvgIpc) is 2.36. The van der Waals surface area contributed by atoms with Crippen molar-refractivity contribution in [1.29, 1.82) is 0 Å². The Labute approximate surface area is 110 Å². The molecule has 1 aromatic rings. The van der Waals surface area contributed by atoms with Crippen LogP contribution in [0.25, 0.3) is 0 Å². The Balaban J connectivity index is 2.88. The normalized spacial score (nSPS) is 10.3. The molecular formula is C13H17BrO3. The molecule has 1 rings (SSSR count). The highest BCUT2D eigenvalue weighted by atomic mass is 79.9. The maximum absolute atomic E-state index is 11.6. The SMILES string of the molecule is CCOC(=O)c1ccc(CCCBr)cc1CO. The highest BCUT2D eigenvalue weighted by Crippen LogP contribution is 2.15. The molecule has 0 aromatic heterocycles. The predicted octanol–water partition coefficient (Wildman–Crippen LogP) is 2.68. The molecular weight excluding hydrogens is 284 g/mol. The van der Waals surface area contributed by atoms with Gasteiger partial charge in [0.1, 0.15) is 0 Å². The summed E-state index contributed by atoms with van der Waals surface area (Å²) in [5, 5.41) is 10.2. The Morgan fingerprint density at radius 3 is 2.82 bits per heavy atom. The lowest BCUT2D eigenvalue weighted by atomic mass is 10.0. The quantitative estimate of drug-likeness (QED) is 0.649. The van der Waals surface area contributed by atoms with Crippen molar-refractivity contribution in [3.63, 3.8) is 0 Å². The van der Waals surface area contributed by atoms with Crippen LogP contribution in [0.5, 0.6) is 0 Å². The van der Waals surface area contributed by atoms with Gasteiger partial charge in [-0.3, -0.25) is 0 Å². The zero-order valence-corrected chi connectivity index (χ0v) is 11.5. The van der Waals surface area contributed by atoms with E-state index in [1.54, 1.807) is 13.0 Å². The number of halogens is 1. The van der Waals surface area contributed by atoms with E-state index in [1.807, 2.05) is 12.1 Å². The zero-order valence-electron chi connectivity index (χ0n) is 9.91. The van der Waals surface area contributed by atoms with Gasteiger partial charge >= 0.3 is 5.97 Å². The molecule has 0 aliphatic rings. The second kappa shape index (κ2) is 7.45. The summed E-state index contributed by atoms with van der Waals surface area (Å²) in [6.45, 7) is 1.96. The molecule has 94 valence electrons. The first-order chi connectivity index (χ1) is 8.22. The van der Waals surface area contributed by atoms with E-state index in [0.717, 1.165) is 23.7 Å². The molecule has 1 N–H and O–H groups in total. The van der Waals surface area contributed by atoms with Gasteiger partial charge in [0.15, 0.2) is 0 Å². The van der Waals surface area contributed by atoms with Crippen molar-refractivity contribution in [1.82, 2.24) is 0 Å². The van der Waals surface area contributed by atoms with E-state index in [-0.39, 0.29) is 12.6 Å². The Hall–Kier alpha value is -0.870. The molecule has 1 aromatic carbocycles. The molecule has 4 heteroatoms. The highest BCUT2D eigenvalue weighted by Gasteiger charge is 2.12. The summed E-state index contributed by atoms with van der Waals surface area (Å²) in [4.78, 5) is 11.6. The van der Waals surface area contributed by atoms with Crippen LogP contribution < -0.4 is 0 Å². The molecule has 0 heterocycles. The van der Waals surface area contributed by atoms with Crippen molar-refractivity contribution in [3.05, 3.63) is 34.9 Å². The Bertz CT molecular complexity index is 377. The summed E-state index contributed by atoms with van der Waals surface area (Å²) < 4.78 is 4.93. The van der Waals surface area contributed by atoms with E-state index in [0.29, 0.717) is 17.7 Å². The van der Waals surface area contributed by atoms with Crippen LogP contribution in [0.15, 0.2) is 18.2 Å². The number of benzene rings is 1. The lowest BCUT2D eigenvalue weighted by Crippen LogP contribution is -2.08. The monoisotopic (exact) mass is 300 g/mol. The standard InChI is InChI=1S/C13H17BrO3/c1-2-17-13(16)12-6-5-10(4-3-7-14)8-11(12)9-15/h5-6,8,15H,2-4,7,9H2,1H3. The van der Waals surface area contributed by atoms with Gasteiger partial charge in [-0.1, -0.05) is 28.1 Å². The summed E-state index contributed by atoms with van der Waals surface area (Å²) in [7, 11) is 0. The summed E-state index contributed by atoms with van der Waals surface area (Å²) in [5.41, 5.74) is 2.22. The van der Waals surface area contributed by atoms with Crippen LogP contribution in [0.1, 0.15) is 34.8 Å². The van der Waals surface area contributed by atoms with Gasteiger partial charge in [-0.15, -0.1) is 0 Å². The van der Waals surface area contributed by atoms with Crippen LogP contribution >= 0.6 is 15.9 Å². The fraction of sp³-hybridized carbons (Fsp3) is 0.462. The van der Waals surface area contributed by atoms with Gasteiger partial charge in [-0.05, 0) is 37.0 Å². The van der Waals surface area contributed by atoms with Gasteiger partial charge in [0.2, 0.25) is 0 Å². The number of hydrogen-bond acceptors (Lipinski definition) is 3. The van der Waals surface area contributed by atoms with E-state index in [1.165, 1.54) is 0 Å². The average molecular weight is 301 g/mol. The number of esters is 1. The number of aryl methyl sites for hydroxylation is 1. The summed E-state index contributed by atoms with van der Waals surface area (Å²) in [6, 6.07) is 5.51. The molecule has 0 unspecified atom stereocenters. The minimum atomic E-state index is -0.372. The largest absolute Gasteiger partial charge is 0.462 e. The molecule has 0 bridgehead atoms. The van der Waals surface area contributed by atoms with Crippen LogP contribution in [0, 0.1) is 0 Å². The van der Waals surface area contributed by atoms with Crippen LogP contribution in [0.3, 0.4) is 0 Å². The van der Waals surface area contributed by atoms with Crippen molar-refractivity contribution < 1.29 is 14.6 Å². The summed E-state index contributed by atoms with van der Waals surface area (Å²) in [6.07, 6.45) is 1.96. The third-order valence-electron chi connectivity index (χ3n) is 2.43. The van der Waals surface area contributed by atoms with Gasteiger partial charge in [0.25, 0.3) is 0 Å². The molecule has 3 nitrogen and oxygen atoms in total. The number of alkyl halides is 1. The lowest BCUT2D eigenvalue weighted by Gasteiger charge is -2.09. The number of rotatable bonds is 6. The Morgan fingerprint density at radius 1 is 1.47 bits per heavy atom. The summed E-state index contributed by atoms with van der Waals surface area (Å²) in [5.74, 6) is -0.372. The molecule has 0 aliphatic carbocycles. The van der Waals surface area contributed by atoms with E-state index in [9.17, 15) is 9.90 Å². The molecule has 0 fully saturated rings. The highest BCUT2D eigenvalue weighted by molar-refractivity contribution is 9.09. The van der Waals surface area contributed by atoms with E-state index in [4.69, 9.17) is 4.74 Å². The number of carbonyl (C=O) groups excluding carboxylic acids is 1. The zero-order chi connectivity index (χ0) is 12.7. The molecule has 0 saturated carbocycles. The Morgan fingerprint density at radius 2 is 2.24 bits per heavy atom. The van der Waals surface area contributed by atoms with Crippen LogP contribution in [0.2, 0.25) is 0 Å².